The fourth-order valence-corrected chi connectivity index (χ4v) is 7.62. The molecule has 0 radical (unpaired) electrons. The molecule has 4 aromatic rings. The lowest BCUT2D eigenvalue weighted by Crippen LogP contribution is -2.48. The summed E-state index contributed by atoms with van der Waals surface area (Å²) in [6, 6.07) is 21.4. The summed E-state index contributed by atoms with van der Waals surface area (Å²) in [7, 11) is 13.6. The van der Waals surface area contributed by atoms with E-state index in [1.54, 1.807) is 28.4 Å². The second-order valence-corrected chi connectivity index (χ2v) is 13.5. The lowest BCUT2D eigenvalue weighted by atomic mass is 9.86. The molecule has 0 amide bonds. The van der Waals surface area contributed by atoms with Crippen LogP contribution in [-0.4, -0.2) is 72.1 Å². The first-order valence-electron chi connectivity index (χ1n) is 16.4. The normalized spacial score (nSPS) is 19.7. The van der Waals surface area contributed by atoms with E-state index in [-0.39, 0.29) is 12.1 Å². The van der Waals surface area contributed by atoms with E-state index < -0.39 is 0 Å². The summed E-state index contributed by atoms with van der Waals surface area (Å²) in [6.45, 7) is 1.93. The molecule has 0 spiro atoms. The first-order valence-corrected chi connectivity index (χ1v) is 16.4. The van der Waals surface area contributed by atoms with Crippen LogP contribution in [0.4, 0.5) is 0 Å². The predicted octanol–water partition coefficient (Wildman–Crippen LogP) is 7.31. The van der Waals surface area contributed by atoms with Crippen molar-refractivity contribution in [3.05, 3.63) is 94.0 Å². The quantitative estimate of drug-likeness (QED) is 0.218. The summed E-state index contributed by atoms with van der Waals surface area (Å²) in [6.07, 6.45) is 3.42. The molecule has 0 fully saturated rings. The fourth-order valence-electron chi connectivity index (χ4n) is 7.62. The molecule has 8 nitrogen and oxygen atoms in total. The van der Waals surface area contributed by atoms with Crippen molar-refractivity contribution in [2.75, 3.05) is 62.7 Å². The fraction of sp³-hybridized carbons (Fsp3) is 0.385. The number of hydrogen-bond donors (Lipinski definition) is 0. The van der Waals surface area contributed by atoms with Crippen molar-refractivity contribution in [3.63, 3.8) is 0 Å². The van der Waals surface area contributed by atoms with Crippen LogP contribution in [0, 0.1) is 0 Å². The molecule has 4 aliphatic rings. The molecule has 0 saturated heterocycles. The van der Waals surface area contributed by atoms with Gasteiger partial charge in [-0.3, -0.25) is 4.90 Å². The average Bonchev–Trinajstić information content (AvgIpc) is 3.07. The second kappa shape index (κ2) is 12.3. The smallest absolute Gasteiger partial charge is 0.204 e. The van der Waals surface area contributed by atoms with Gasteiger partial charge < -0.3 is 32.9 Å². The average molecular weight is 638 g/mol. The number of rotatable bonds is 4. The third-order valence-corrected chi connectivity index (χ3v) is 10.4. The van der Waals surface area contributed by atoms with E-state index in [4.69, 9.17) is 28.4 Å². The molecule has 8 rings (SSSR count). The number of ether oxygens (including phenoxy) is 6. The minimum atomic E-state index is -0.0000567. The molecule has 0 unspecified atom stereocenters. The standard InChI is InChI=1S/C39H45N2O6/c1-40-16-14-27-22-36(44-6)38(45-7)39-37(27)30(40)18-25-10-13-32(42-4)34(20-25)46-28-11-8-24(9-12-28)19-31-29-23-35(47-39)33(43-5)21-26(29)15-17-41(31,2)3/h8-13,20-23,30-31H,14-19H2,1-7H3/q+1/t30-,31-/m0/s1. The molecule has 4 aliphatic heterocycles. The Morgan fingerprint density at radius 1 is 0.702 bits per heavy atom. The van der Waals surface area contributed by atoms with Crippen LogP contribution in [0.3, 0.4) is 0 Å². The maximum atomic E-state index is 7.07. The van der Waals surface area contributed by atoms with Crippen molar-refractivity contribution >= 4 is 0 Å². The Morgan fingerprint density at radius 3 is 2.13 bits per heavy atom. The van der Waals surface area contributed by atoms with Crippen LogP contribution in [0.1, 0.15) is 45.5 Å². The molecule has 0 aliphatic carbocycles. The number of likely N-dealkylation sites (N-methyl/N-ethyl adjacent to an activating group) is 2. The lowest BCUT2D eigenvalue weighted by molar-refractivity contribution is -0.923. The number of methoxy groups -OCH3 is 4. The number of hydrogen-bond acceptors (Lipinski definition) is 7. The molecule has 0 aromatic heterocycles. The highest BCUT2D eigenvalue weighted by Gasteiger charge is 2.38. The van der Waals surface area contributed by atoms with Gasteiger partial charge >= 0.3 is 0 Å². The number of benzene rings is 4. The van der Waals surface area contributed by atoms with Crippen molar-refractivity contribution in [2.24, 2.45) is 0 Å². The molecule has 4 aromatic carbocycles. The van der Waals surface area contributed by atoms with Crippen LogP contribution in [0.15, 0.2) is 60.7 Å². The Bertz CT molecular complexity index is 1800. The Labute approximate surface area is 277 Å². The lowest BCUT2D eigenvalue weighted by Gasteiger charge is -2.43. The summed E-state index contributed by atoms with van der Waals surface area (Å²) in [5, 5.41) is 0. The van der Waals surface area contributed by atoms with Gasteiger partial charge in [0.1, 0.15) is 11.8 Å². The van der Waals surface area contributed by atoms with Crippen LogP contribution in [0.2, 0.25) is 0 Å². The highest BCUT2D eigenvalue weighted by molar-refractivity contribution is 5.63. The molecule has 0 saturated carbocycles. The SMILES string of the molecule is COc1ccc2cc1Oc1ccc(cc1)C[C@H]1c3cc(c(OC)cc3CC[N+]1(C)C)Oc1c(OC)c(OC)cc3c1[C@H](C2)N(C)CC3. The van der Waals surface area contributed by atoms with Crippen LogP contribution in [-0.2, 0) is 25.7 Å². The van der Waals surface area contributed by atoms with E-state index in [2.05, 4.69) is 80.6 Å². The summed E-state index contributed by atoms with van der Waals surface area (Å²) in [5.41, 5.74) is 7.23. The molecule has 4 heterocycles. The van der Waals surface area contributed by atoms with E-state index in [0.29, 0.717) is 40.2 Å². The van der Waals surface area contributed by atoms with Crippen LogP contribution >= 0.6 is 0 Å². The molecule has 2 atom stereocenters. The first kappa shape index (κ1) is 31.2. The van der Waals surface area contributed by atoms with Gasteiger partial charge in [0.15, 0.2) is 34.5 Å². The minimum absolute atomic E-state index is 0.0000567. The summed E-state index contributed by atoms with van der Waals surface area (Å²) in [5.74, 6) is 5.45. The van der Waals surface area contributed by atoms with Crippen molar-refractivity contribution in [1.29, 1.82) is 0 Å². The Morgan fingerprint density at radius 2 is 1.40 bits per heavy atom. The van der Waals surface area contributed by atoms with E-state index in [1.807, 2.05) is 6.07 Å². The van der Waals surface area contributed by atoms with Gasteiger partial charge in [-0.2, -0.15) is 0 Å². The molecule has 246 valence electrons. The van der Waals surface area contributed by atoms with E-state index in [0.717, 1.165) is 60.1 Å². The Balaban J connectivity index is 1.48. The van der Waals surface area contributed by atoms with Crippen molar-refractivity contribution in [1.82, 2.24) is 4.90 Å². The predicted molar refractivity (Wildman–Crippen MR) is 182 cm³/mol. The molecule has 6 bridgehead atoms. The third-order valence-electron chi connectivity index (χ3n) is 10.4. The molecule has 0 N–H and O–H groups in total. The zero-order valence-electron chi connectivity index (χ0n) is 28.5. The van der Waals surface area contributed by atoms with E-state index in [1.165, 1.54) is 22.3 Å². The maximum absolute atomic E-state index is 7.07. The second-order valence-electron chi connectivity index (χ2n) is 13.5. The zero-order valence-corrected chi connectivity index (χ0v) is 28.5. The number of fused-ring (bicyclic) bond motifs is 2. The highest BCUT2D eigenvalue weighted by Crippen LogP contribution is 2.52. The summed E-state index contributed by atoms with van der Waals surface area (Å²) in [4.78, 5) is 2.39. The maximum Gasteiger partial charge on any atom is 0.204 e. The van der Waals surface area contributed by atoms with Crippen molar-refractivity contribution in [3.8, 4) is 46.0 Å². The molecular formula is C39H45N2O6+. The van der Waals surface area contributed by atoms with Crippen molar-refractivity contribution in [2.45, 2.75) is 37.8 Å². The van der Waals surface area contributed by atoms with E-state index >= 15 is 0 Å². The zero-order chi connectivity index (χ0) is 32.9. The Kier molecular flexibility index (Phi) is 8.18. The van der Waals surface area contributed by atoms with Crippen molar-refractivity contribution < 1.29 is 32.9 Å². The van der Waals surface area contributed by atoms with Gasteiger partial charge in [-0.15, -0.1) is 0 Å². The van der Waals surface area contributed by atoms with Crippen LogP contribution in [0.25, 0.3) is 0 Å². The van der Waals surface area contributed by atoms with E-state index in [9.17, 15) is 0 Å². The molecule has 8 heteroatoms. The van der Waals surface area contributed by atoms with Gasteiger partial charge in [-0.05, 0) is 84.6 Å². The summed E-state index contributed by atoms with van der Waals surface area (Å²) >= 11 is 0. The number of quaternary nitrogens is 1. The van der Waals surface area contributed by atoms with Crippen LogP contribution in [0.5, 0.6) is 46.0 Å². The number of nitrogens with zero attached hydrogens (tertiary/aromatic N) is 2. The van der Waals surface area contributed by atoms with Crippen LogP contribution < -0.4 is 28.4 Å². The Hall–Kier alpha value is -4.40. The molecular weight excluding hydrogens is 592 g/mol. The van der Waals surface area contributed by atoms with Gasteiger partial charge in [0, 0.05) is 36.6 Å². The third kappa shape index (κ3) is 5.63. The highest BCUT2D eigenvalue weighted by atomic mass is 16.5. The largest absolute Gasteiger partial charge is 0.493 e. The van der Waals surface area contributed by atoms with Gasteiger partial charge in [0.05, 0.1) is 49.1 Å². The van der Waals surface area contributed by atoms with Gasteiger partial charge in [-0.1, -0.05) is 18.2 Å². The minimum Gasteiger partial charge on any atom is -0.493 e. The first-order chi connectivity index (χ1) is 22.7. The van der Waals surface area contributed by atoms with Gasteiger partial charge in [0.25, 0.3) is 0 Å². The topological polar surface area (TPSA) is 58.6 Å². The summed E-state index contributed by atoms with van der Waals surface area (Å²) < 4.78 is 38.1. The van der Waals surface area contributed by atoms with Gasteiger partial charge in [-0.25, -0.2) is 0 Å². The monoisotopic (exact) mass is 637 g/mol. The van der Waals surface area contributed by atoms with Gasteiger partial charge in [0.2, 0.25) is 5.75 Å². The molecule has 47 heavy (non-hydrogen) atoms.